The molecule has 0 heterocycles. The summed E-state index contributed by atoms with van der Waals surface area (Å²) in [5.41, 5.74) is 3.51. The van der Waals surface area contributed by atoms with Crippen molar-refractivity contribution in [1.29, 1.82) is 0 Å². The van der Waals surface area contributed by atoms with E-state index in [0.29, 0.717) is 33.9 Å². The van der Waals surface area contributed by atoms with Gasteiger partial charge in [-0.1, -0.05) is 36.4 Å². The third kappa shape index (κ3) is 12.9. The lowest BCUT2D eigenvalue weighted by Gasteiger charge is -2.26. The van der Waals surface area contributed by atoms with Crippen molar-refractivity contribution in [3.8, 4) is 17.2 Å². The molecule has 0 spiro atoms. The Labute approximate surface area is 411 Å². The van der Waals surface area contributed by atoms with Gasteiger partial charge >= 0.3 is 17.9 Å². The number of aryl methyl sites for hydroxylation is 6. The van der Waals surface area contributed by atoms with Crippen molar-refractivity contribution < 1.29 is 56.0 Å². The molecule has 6 aromatic carbocycles. The normalized spacial score (nSPS) is 11.8. The van der Waals surface area contributed by atoms with Gasteiger partial charge in [0.15, 0.2) is 34.5 Å². The summed E-state index contributed by atoms with van der Waals surface area (Å²) in [5, 5.41) is 0. The van der Waals surface area contributed by atoms with Crippen LogP contribution in [-0.2, 0) is 56.3 Å². The van der Waals surface area contributed by atoms with E-state index < -0.39 is 45.6 Å². The van der Waals surface area contributed by atoms with Gasteiger partial charge in [0.05, 0.1) is 10.9 Å². The summed E-state index contributed by atoms with van der Waals surface area (Å²) in [6, 6.07) is 29.5. The zero-order valence-electron chi connectivity index (χ0n) is 41.7. The van der Waals surface area contributed by atoms with Gasteiger partial charge in [-0.3, -0.25) is 0 Å². The quantitative estimate of drug-likeness (QED) is 0.0473. The topological polar surface area (TPSA) is 107 Å². The predicted molar refractivity (Wildman–Crippen MR) is 263 cm³/mol. The third-order valence-corrected chi connectivity index (χ3v) is 13.9. The molecule has 0 bridgehead atoms. The summed E-state index contributed by atoms with van der Waals surface area (Å²) in [4.78, 5) is 42.2. The molecule has 0 saturated heterocycles. The molecule has 0 saturated carbocycles. The van der Waals surface area contributed by atoms with E-state index in [2.05, 4.69) is 0 Å². The number of hydrogen-bond donors (Lipinski definition) is 0. The van der Waals surface area contributed by atoms with Crippen LogP contribution in [0.15, 0.2) is 124 Å². The molecule has 0 fully saturated rings. The highest BCUT2D eigenvalue weighted by atomic mass is 32.2. The zero-order valence-corrected chi connectivity index (χ0v) is 42.5. The Kier molecular flexibility index (Phi) is 16.2. The third-order valence-electron chi connectivity index (χ3n) is 11.7. The summed E-state index contributed by atoms with van der Waals surface area (Å²) in [5.74, 6) is -1.35. The molecule has 70 heavy (non-hydrogen) atoms. The molecular weight excluding hydrogens is 918 g/mol. The van der Waals surface area contributed by atoms with Crippen LogP contribution in [0.1, 0.15) is 91.6 Å². The van der Waals surface area contributed by atoms with Gasteiger partial charge < -0.3 is 28.4 Å². The van der Waals surface area contributed by atoms with Crippen LogP contribution in [0.2, 0.25) is 0 Å². The van der Waals surface area contributed by atoms with Crippen LogP contribution >= 0.6 is 0 Å². The first-order chi connectivity index (χ1) is 32.8. The molecule has 368 valence electrons. The summed E-state index contributed by atoms with van der Waals surface area (Å²) < 4.78 is 76.5. The van der Waals surface area contributed by atoms with E-state index in [4.69, 9.17) is 28.4 Å². The Hall–Kier alpha value is -6.73. The van der Waals surface area contributed by atoms with Crippen LogP contribution in [0.4, 0.5) is 13.2 Å². The SMILES string of the molecule is Cc1cc([S+](c2cc(C)c(OCC(=O)OC(C)(C)c3ccc(F)cc3)c(C)c2)c2cc(C)c(OCC(=O)OC(C)(C)c3ccc(F)cc3)c(C)c2)cc(C)c1OCC(=O)OC(C)(C)c1ccc(F)cc1. The highest BCUT2D eigenvalue weighted by Gasteiger charge is 2.34. The summed E-state index contributed by atoms with van der Waals surface area (Å²) >= 11 is 0. The Morgan fingerprint density at radius 2 is 0.586 bits per heavy atom. The van der Waals surface area contributed by atoms with Crippen molar-refractivity contribution in [2.75, 3.05) is 19.8 Å². The second-order valence-corrected chi connectivity index (χ2v) is 20.8. The fourth-order valence-corrected chi connectivity index (χ4v) is 10.8. The number of carbonyl (C=O) groups is 3. The monoisotopic (exact) mass is 977 g/mol. The van der Waals surface area contributed by atoms with Gasteiger partial charge in [-0.05, 0) is 170 Å². The van der Waals surface area contributed by atoms with E-state index >= 15 is 0 Å². The molecule has 0 amide bonds. The first kappa shape index (κ1) is 52.6. The molecule has 9 nitrogen and oxygen atoms in total. The highest BCUT2D eigenvalue weighted by Crippen LogP contribution is 2.41. The number of hydrogen-bond acceptors (Lipinski definition) is 9. The second-order valence-electron chi connectivity index (χ2n) is 18.8. The number of benzene rings is 6. The fraction of sp³-hybridized carbons (Fsp3) is 0.316. The molecule has 0 aliphatic rings. The fourth-order valence-electron chi connectivity index (χ4n) is 8.24. The zero-order chi connectivity index (χ0) is 51.3. The van der Waals surface area contributed by atoms with Gasteiger partial charge in [0.1, 0.15) is 51.5 Å². The number of halogens is 3. The molecule has 6 rings (SSSR count). The van der Waals surface area contributed by atoms with Crippen LogP contribution in [0, 0.1) is 59.0 Å². The molecule has 0 aromatic heterocycles. The van der Waals surface area contributed by atoms with Crippen molar-refractivity contribution in [2.45, 2.75) is 115 Å². The summed E-state index contributed by atoms with van der Waals surface area (Å²) in [6.45, 7) is 20.8. The standard InChI is InChI=1S/C57H60F3O9S/c1-34-25-46(26-35(2)52(34)64-31-49(61)67-55(7,8)40-13-19-43(58)20-14-40)70(47-27-36(3)53(37(4)28-47)65-32-50(62)68-56(9,10)41-15-21-44(59)22-16-41)48-29-38(5)54(39(6)30-48)66-33-51(63)69-57(11,12)42-17-23-45(60)24-18-42/h13-30H,31-33H2,1-12H3/q+1. The van der Waals surface area contributed by atoms with Crippen LogP contribution in [0.25, 0.3) is 0 Å². The van der Waals surface area contributed by atoms with E-state index in [-0.39, 0.29) is 37.3 Å². The molecule has 0 aliphatic heterocycles. The number of ether oxygens (including phenoxy) is 6. The smallest absolute Gasteiger partial charge is 0.345 e. The first-order valence-electron chi connectivity index (χ1n) is 22.7. The van der Waals surface area contributed by atoms with Gasteiger partial charge in [0.2, 0.25) is 0 Å². The van der Waals surface area contributed by atoms with Gasteiger partial charge in [-0.15, -0.1) is 0 Å². The molecule has 6 aromatic rings. The van der Waals surface area contributed by atoms with Gasteiger partial charge in [0.25, 0.3) is 0 Å². The van der Waals surface area contributed by atoms with Crippen LogP contribution in [-0.4, -0.2) is 37.7 Å². The van der Waals surface area contributed by atoms with Crippen molar-refractivity contribution in [2.24, 2.45) is 0 Å². The molecular formula is C57H60F3O9S+. The van der Waals surface area contributed by atoms with E-state index in [1.807, 2.05) is 77.9 Å². The Morgan fingerprint density at radius 1 is 0.386 bits per heavy atom. The Bertz CT molecular complexity index is 2490. The molecule has 0 unspecified atom stereocenters. The van der Waals surface area contributed by atoms with E-state index in [9.17, 15) is 27.6 Å². The predicted octanol–water partition coefficient (Wildman–Crippen LogP) is 12.6. The lowest BCUT2D eigenvalue weighted by molar-refractivity contribution is -0.160. The van der Waals surface area contributed by atoms with E-state index in [1.54, 1.807) is 77.9 Å². The maximum atomic E-state index is 13.6. The van der Waals surface area contributed by atoms with Crippen molar-refractivity contribution in [1.82, 2.24) is 0 Å². The first-order valence-corrected chi connectivity index (χ1v) is 24.0. The van der Waals surface area contributed by atoms with Crippen LogP contribution < -0.4 is 14.2 Å². The van der Waals surface area contributed by atoms with E-state index in [0.717, 1.165) is 48.1 Å². The Morgan fingerprint density at radius 3 is 0.786 bits per heavy atom. The molecule has 13 heteroatoms. The van der Waals surface area contributed by atoms with Crippen molar-refractivity contribution >= 4 is 28.8 Å². The molecule has 0 radical (unpaired) electrons. The van der Waals surface area contributed by atoms with Crippen molar-refractivity contribution in [3.05, 3.63) is 177 Å². The number of esters is 3. The number of rotatable bonds is 18. The number of carbonyl (C=O) groups excluding carboxylic acids is 3. The minimum absolute atomic E-state index is 0.356. The second kappa shape index (κ2) is 21.5. The molecule has 0 aliphatic carbocycles. The summed E-state index contributed by atoms with van der Waals surface area (Å²) in [6.07, 6.45) is 0. The minimum Gasteiger partial charge on any atom is -0.481 e. The largest absolute Gasteiger partial charge is 0.481 e. The summed E-state index contributed by atoms with van der Waals surface area (Å²) in [7, 11) is -0.770. The Balaban J connectivity index is 1.27. The van der Waals surface area contributed by atoms with E-state index in [1.165, 1.54) is 36.4 Å². The average molecular weight is 978 g/mol. The van der Waals surface area contributed by atoms with Gasteiger partial charge in [-0.2, -0.15) is 0 Å². The van der Waals surface area contributed by atoms with Gasteiger partial charge in [0, 0.05) is 36.4 Å². The highest BCUT2D eigenvalue weighted by molar-refractivity contribution is 7.97. The van der Waals surface area contributed by atoms with Gasteiger partial charge in [-0.25, -0.2) is 27.6 Å². The molecule has 0 atom stereocenters. The van der Waals surface area contributed by atoms with Crippen LogP contribution in [0.5, 0.6) is 17.2 Å². The van der Waals surface area contributed by atoms with Crippen molar-refractivity contribution in [3.63, 3.8) is 0 Å². The maximum Gasteiger partial charge on any atom is 0.345 e. The lowest BCUT2D eigenvalue weighted by atomic mass is 9.98. The maximum absolute atomic E-state index is 13.6. The lowest BCUT2D eigenvalue weighted by Crippen LogP contribution is -2.28. The molecule has 0 N–H and O–H groups in total. The average Bonchev–Trinajstić information content (AvgIpc) is 3.25. The minimum atomic E-state index is -1.03. The van der Waals surface area contributed by atoms with Crippen LogP contribution in [0.3, 0.4) is 0 Å².